The Hall–Kier alpha value is -2.24. The van der Waals surface area contributed by atoms with E-state index in [1.54, 1.807) is 19.1 Å². The molecular formula is C10H11N5O4S2. The van der Waals surface area contributed by atoms with Crippen LogP contribution >= 0.6 is 11.3 Å². The van der Waals surface area contributed by atoms with Crippen molar-refractivity contribution in [3.05, 3.63) is 40.1 Å². The van der Waals surface area contributed by atoms with Crippen molar-refractivity contribution >= 4 is 37.9 Å². The third kappa shape index (κ3) is 3.26. The monoisotopic (exact) mass is 329 g/mol. The zero-order valence-corrected chi connectivity index (χ0v) is 12.4. The van der Waals surface area contributed by atoms with Gasteiger partial charge in [-0.25, -0.2) is 19.2 Å². The summed E-state index contributed by atoms with van der Waals surface area (Å²) >= 11 is 0.662. The normalized spacial score (nSPS) is 11.1. The lowest BCUT2D eigenvalue weighted by Gasteiger charge is -2.05. The first kappa shape index (κ1) is 15.2. The molecule has 0 saturated carbocycles. The van der Waals surface area contributed by atoms with Crippen LogP contribution in [-0.2, 0) is 10.0 Å². The van der Waals surface area contributed by atoms with Gasteiger partial charge in [-0.1, -0.05) is 17.4 Å². The number of aryl methyl sites for hydroxylation is 1. The lowest BCUT2D eigenvalue weighted by atomic mass is 10.4. The van der Waals surface area contributed by atoms with E-state index < -0.39 is 20.6 Å². The summed E-state index contributed by atoms with van der Waals surface area (Å²) in [6.45, 7) is 1.71. The SMILES string of the molecule is Cc1cccc(NS(=O)(=O)c2cc([N+](=O)[O-])c(NN)s2)n1. The molecule has 2 aromatic rings. The zero-order valence-electron chi connectivity index (χ0n) is 10.7. The smallest absolute Gasteiger partial charge is 0.306 e. The number of hydrazine groups is 1. The number of nitrogens with zero attached hydrogens (tertiary/aromatic N) is 2. The number of thiophene rings is 1. The van der Waals surface area contributed by atoms with Crippen LogP contribution in [0.15, 0.2) is 28.5 Å². The first-order valence-corrected chi connectivity index (χ1v) is 7.85. The van der Waals surface area contributed by atoms with Crippen molar-refractivity contribution in [2.24, 2.45) is 5.84 Å². The van der Waals surface area contributed by atoms with E-state index in [1.165, 1.54) is 6.07 Å². The fourth-order valence-electron chi connectivity index (χ4n) is 1.52. The molecule has 11 heteroatoms. The number of pyridine rings is 1. The minimum absolute atomic E-state index is 0.0439. The molecule has 4 N–H and O–H groups in total. The molecule has 0 spiro atoms. The van der Waals surface area contributed by atoms with Gasteiger partial charge in [0.15, 0.2) is 5.00 Å². The van der Waals surface area contributed by atoms with Gasteiger partial charge >= 0.3 is 5.69 Å². The van der Waals surface area contributed by atoms with Gasteiger partial charge in [-0.15, -0.1) is 0 Å². The molecule has 0 amide bonds. The topological polar surface area (TPSA) is 140 Å². The minimum Gasteiger partial charge on any atom is -0.310 e. The van der Waals surface area contributed by atoms with Crippen LogP contribution in [0.25, 0.3) is 0 Å². The number of nitrogens with two attached hydrogens (primary N) is 1. The second-order valence-corrected chi connectivity index (χ2v) is 6.91. The van der Waals surface area contributed by atoms with Gasteiger partial charge < -0.3 is 5.43 Å². The van der Waals surface area contributed by atoms with E-state index >= 15 is 0 Å². The molecule has 0 aromatic carbocycles. The van der Waals surface area contributed by atoms with Crippen LogP contribution in [-0.4, -0.2) is 18.3 Å². The van der Waals surface area contributed by atoms with Crippen LogP contribution in [0, 0.1) is 17.0 Å². The van der Waals surface area contributed by atoms with Crippen LogP contribution in [0.1, 0.15) is 5.69 Å². The largest absolute Gasteiger partial charge is 0.310 e. The van der Waals surface area contributed by atoms with E-state index in [2.05, 4.69) is 15.1 Å². The second-order valence-electron chi connectivity index (χ2n) is 3.95. The maximum Gasteiger partial charge on any atom is 0.306 e. The van der Waals surface area contributed by atoms with Gasteiger partial charge in [0.25, 0.3) is 10.0 Å². The second kappa shape index (κ2) is 5.63. The van der Waals surface area contributed by atoms with Gasteiger partial charge in [-0.05, 0) is 19.1 Å². The average molecular weight is 329 g/mol. The Morgan fingerprint density at radius 3 is 2.67 bits per heavy atom. The predicted octanol–water partition coefficient (Wildman–Crippen LogP) is 1.45. The highest BCUT2D eigenvalue weighted by atomic mass is 32.2. The van der Waals surface area contributed by atoms with Crippen LogP contribution in [0.3, 0.4) is 0 Å². The highest BCUT2D eigenvalue weighted by Gasteiger charge is 2.26. The van der Waals surface area contributed by atoms with Crippen molar-refractivity contribution in [3.63, 3.8) is 0 Å². The third-order valence-corrected chi connectivity index (χ3v) is 5.29. The van der Waals surface area contributed by atoms with Crippen molar-refractivity contribution in [1.82, 2.24) is 4.98 Å². The summed E-state index contributed by atoms with van der Waals surface area (Å²) in [4.78, 5) is 14.1. The summed E-state index contributed by atoms with van der Waals surface area (Å²) in [6.07, 6.45) is 0. The van der Waals surface area contributed by atoms with Crippen LogP contribution in [0.4, 0.5) is 16.5 Å². The summed E-state index contributed by atoms with van der Waals surface area (Å²) in [5, 5.41) is 10.8. The Kier molecular flexibility index (Phi) is 4.06. The Morgan fingerprint density at radius 1 is 1.43 bits per heavy atom. The summed E-state index contributed by atoms with van der Waals surface area (Å²) < 4.78 is 26.4. The molecule has 2 rings (SSSR count). The molecule has 0 aliphatic heterocycles. The molecule has 0 bridgehead atoms. The third-order valence-electron chi connectivity index (χ3n) is 2.41. The molecule has 2 heterocycles. The summed E-state index contributed by atoms with van der Waals surface area (Å²) in [5.74, 6) is 5.28. The van der Waals surface area contributed by atoms with Crippen molar-refractivity contribution in [1.29, 1.82) is 0 Å². The molecule has 0 saturated heterocycles. The zero-order chi connectivity index (χ0) is 15.6. The Balaban J connectivity index is 2.38. The van der Waals surface area contributed by atoms with E-state index in [0.29, 0.717) is 17.0 Å². The number of sulfonamides is 1. The highest BCUT2D eigenvalue weighted by molar-refractivity contribution is 7.94. The molecule has 9 nitrogen and oxygen atoms in total. The van der Waals surface area contributed by atoms with E-state index in [-0.39, 0.29) is 15.0 Å². The van der Waals surface area contributed by atoms with Gasteiger partial charge in [-0.2, -0.15) is 0 Å². The number of aromatic nitrogens is 1. The van der Waals surface area contributed by atoms with E-state index in [9.17, 15) is 18.5 Å². The van der Waals surface area contributed by atoms with Gasteiger partial charge in [0.1, 0.15) is 10.0 Å². The molecule has 0 fully saturated rings. The Bertz CT molecular complexity index is 786. The standard InChI is InChI=1S/C10H11N5O4S2/c1-6-3-2-4-8(12-6)14-21(18,19)9-5-7(15(16)17)10(13-11)20-9/h2-5,13H,11H2,1H3,(H,12,14). The first-order valence-electron chi connectivity index (χ1n) is 5.55. The Labute approximate surface area is 124 Å². The van der Waals surface area contributed by atoms with Crippen molar-refractivity contribution in [2.75, 3.05) is 10.1 Å². The van der Waals surface area contributed by atoms with Gasteiger partial charge in [-0.3, -0.25) is 14.8 Å². The van der Waals surface area contributed by atoms with Gasteiger partial charge in [0, 0.05) is 11.8 Å². The minimum atomic E-state index is -3.97. The first-order chi connectivity index (χ1) is 9.83. The lowest BCUT2D eigenvalue weighted by Crippen LogP contribution is -2.12. The number of nitrogen functional groups attached to an aromatic ring is 1. The number of nitro groups is 1. The van der Waals surface area contributed by atoms with E-state index in [4.69, 9.17) is 5.84 Å². The fourth-order valence-corrected chi connectivity index (χ4v) is 3.76. The maximum atomic E-state index is 12.2. The summed E-state index contributed by atoms with van der Waals surface area (Å²) in [5.41, 5.74) is 2.34. The molecule has 0 aliphatic rings. The van der Waals surface area contributed by atoms with E-state index in [0.717, 1.165) is 6.07 Å². The fraction of sp³-hybridized carbons (Fsp3) is 0.100. The molecule has 2 aromatic heterocycles. The summed E-state index contributed by atoms with van der Waals surface area (Å²) in [6, 6.07) is 5.78. The molecule has 0 atom stereocenters. The highest BCUT2D eigenvalue weighted by Crippen LogP contribution is 2.36. The van der Waals surface area contributed by atoms with Crippen molar-refractivity contribution < 1.29 is 13.3 Å². The number of rotatable bonds is 5. The molecule has 0 unspecified atom stereocenters. The van der Waals surface area contributed by atoms with Gasteiger partial charge in [0.05, 0.1) is 4.92 Å². The number of anilines is 2. The molecule has 112 valence electrons. The van der Waals surface area contributed by atoms with E-state index in [1.807, 2.05) is 0 Å². The van der Waals surface area contributed by atoms with Gasteiger partial charge in [0.2, 0.25) is 0 Å². The number of hydrogen-bond acceptors (Lipinski definition) is 8. The number of nitrogens with one attached hydrogen (secondary N) is 2. The molecular weight excluding hydrogens is 318 g/mol. The molecule has 0 radical (unpaired) electrons. The number of hydrogen-bond donors (Lipinski definition) is 3. The maximum absolute atomic E-state index is 12.2. The lowest BCUT2D eigenvalue weighted by molar-refractivity contribution is -0.383. The molecule has 0 aliphatic carbocycles. The quantitative estimate of drug-likeness (QED) is 0.428. The molecule has 21 heavy (non-hydrogen) atoms. The van der Waals surface area contributed by atoms with Crippen LogP contribution in [0.2, 0.25) is 0 Å². The van der Waals surface area contributed by atoms with Crippen molar-refractivity contribution in [2.45, 2.75) is 11.1 Å². The van der Waals surface area contributed by atoms with Crippen molar-refractivity contribution in [3.8, 4) is 0 Å². The Morgan fingerprint density at radius 2 is 2.14 bits per heavy atom. The van der Waals surface area contributed by atoms with Crippen LogP contribution < -0.4 is 16.0 Å². The average Bonchev–Trinajstić information content (AvgIpc) is 2.83. The summed E-state index contributed by atoms with van der Waals surface area (Å²) in [7, 11) is -3.97. The predicted molar refractivity (Wildman–Crippen MR) is 78.6 cm³/mol. The van der Waals surface area contributed by atoms with Crippen LogP contribution in [0.5, 0.6) is 0 Å².